The Kier molecular flexibility index (Phi) is 17.0. The normalized spacial score (nSPS) is 20.2. The number of nitrogens with zero attached hydrogens (tertiary/aromatic N) is 4. The number of halogens is 1. The Morgan fingerprint density at radius 3 is 2.28 bits per heavy atom. The number of aromatic nitrogens is 4. The molecule has 0 radical (unpaired) electrons. The lowest BCUT2D eigenvalue weighted by atomic mass is 9.99. The third-order valence-electron chi connectivity index (χ3n) is 9.40. The highest BCUT2D eigenvalue weighted by Gasteiger charge is 2.50. The molecule has 0 amide bonds. The maximum Gasteiger partial charge on any atom is 0.459 e. The van der Waals surface area contributed by atoms with Crippen LogP contribution < -0.4 is 15.3 Å². The van der Waals surface area contributed by atoms with E-state index < -0.39 is 50.4 Å². The number of imidazole rings is 1. The van der Waals surface area contributed by atoms with Gasteiger partial charge in [-0.1, -0.05) is 121 Å². The number of nitrogen functional groups attached to an aromatic ring is 1. The SMILES string of the molecule is C#C[C@]1(CO[P@@](=O)(N[C@@H](C)C(=O)OCCCCCCCCCCCCCCCCC)Oc2ccccc2)O[C@@H](n2cnc3c(N)nc(F)nc32)C[C@@H]1O. The summed E-state index contributed by atoms with van der Waals surface area (Å²) in [6.07, 6.45) is 22.3. The number of ether oxygens (including phenoxy) is 2. The number of unbranched alkanes of at least 4 members (excludes halogenated alkanes) is 14. The van der Waals surface area contributed by atoms with E-state index in [1.54, 1.807) is 30.3 Å². The zero-order valence-electron chi connectivity index (χ0n) is 31.1. The number of carbonyl (C=O) groups is 1. The second-order valence-corrected chi connectivity index (χ2v) is 15.4. The molecule has 0 aliphatic carbocycles. The Hall–Kier alpha value is -3.60. The number of nitrogens with one attached hydrogen (secondary N) is 1. The number of hydrogen-bond acceptors (Lipinski definition) is 11. The van der Waals surface area contributed by atoms with Gasteiger partial charge < -0.3 is 24.8 Å². The van der Waals surface area contributed by atoms with Gasteiger partial charge in [0.2, 0.25) is 0 Å². The molecule has 1 aromatic carbocycles. The van der Waals surface area contributed by atoms with Gasteiger partial charge in [0.15, 0.2) is 22.6 Å². The van der Waals surface area contributed by atoms with Gasteiger partial charge in [-0.25, -0.2) is 9.55 Å². The first-order valence-electron chi connectivity index (χ1n) is 19.0. The van der Waals surface area contributed by atoms with Crippen molar-refractivity contribution >= 4 is 30.7 Å². The van der Waals surface area contributed by atoms with Crippen molar-refractivity contribution in [1.29, 1.82) is 0 Å². The van der Waals surface area contributed by atoms with Crippen LogP contribution in [-0.2, 0) is 23.4 Å². The van der Waals surface area contributed by atoms with E-state index in [1.807, 2.05) is 0 Å². The largest absolute Gasteiger partial charge is 0.465 e. The summed E-state index contributed by atoms with van der Waals surface area (Å²) in [6.45, 7) is 3.38. The minimum absolute atomic E-state index is 0.0392. The number of esters is 1. The third-order valence-corrected chi connectivity index (χ3v) is 11.0. The monoisotopic (exact) mass is 758 g/mol. The third kappa shape index (κ3) is 12.8. The summed E-state index contributed by atoms with van der Waals surface area (Å²) >= 11 is 0. The zero-order valence-corrected chi connectivity index (χ0v) is 32.0. The van der Waals surface area contributed by atoms with Crippen LogP contribution in [0.15, 0.2) is 36.7 Å². The molecule has 1 aliphatic heterocycles. The molecule has 53 heavy (non-hydrogen) atoms. The summed E-state index contributed by atoms with van der Waals surface area (Å²) in [5.41, 5.74) is 4.16. The molecule has 3 heterocycles. The van der Waals surface area contributed by atoms with Gasteiger partial charge in [-0.05, 0) is 25.5 Å². The van der Waals surface area contributed by atoms with Crippen molar-refractivity contribution in [2.45, 2.75) is 141 Å². The van der Waals surface area contributed by atoms with Crippen LogP contribution in [0.4, 0.5) is 10.2 Å². The molecule has 4 rings (SSSR count). The first kappa shape index (κ1) is 42.1. The number of terminal acetylenes is 1. The van der Waals surface area contributed by atoms with Crippen LogP contribution in [-0.4, -0.2) is 61.6 Å². The van der Waals surface area contributed by atoms with Crippen molar-refractivity contribution in [3.05, 3.63) is 42.7 Å². The van der Waals surface area contributed by atoms with E-state index in [2.05, 4.69) is 32.9 Å². The standard InChI is InChI=1S/C38H56FN6O7P/c1-4-6-7-8-9-10-11-12-13-14-15-16-17-18-22-25-49-36(47)29(3)44-53(48,52-30-23-20-19-21-24-30)50-27-38(5-2)31(46)26-32(51-38)45-28-41-33-34(40)42-37(39)43-35(33)45/h2,19-21,23-24,28-29,31-32,46H,4,6-18,22,25-27H2,1,3H3,(H,44,48)(H2,40,42,43)/t29-,31-,32+,38+,53-/m0/s1. The molecule has 1 aliphatic rings. The van der Waals surface area contributed by atoms with Crippen molar-refractivity contribution in [3.63, 3.8) is 0 Å². The van der Waals surface area contributed by atoms with Gasteiger partial charge in [-0.2, -0.15) is 19.4 Å². The van der Waals surface area contributed by atoms with Crippen molar-refractivity contribution in [1.82, 2.24) is 24.6 Å². The fourth-order valence-corrected chi connectivity index (χ4v) is 7.82. The van der Waals surface area contributed by atoms with E-state index in [1.165, 1.54) is 94.9 Å². The second-order valence-electron chi connectivity index (χ2n) is 13.7. The van der Waals surface area contributed by atoms with E-state index in [0.29, 0.717) is 0 Å². The van der Waals surface area contributed by atoms with Crippen molar-refractivity contribution < 1.29 is 37.4 Å². The van der Waals surface area contributed by atoms with Gasteiger partial charge >= 0.3 is 19.8 Å². The fourth-order valence-electron chi connectivity index (χ4n) is 6.30. The van der Waals surface area contributed by atoms with E-state index in [-0.39, 0.29) is 35.8 Å². The van der Waals surface area contributed by atoms with Crippen LogP contribution >= 0.6 is 7.75 Å². The Balaban J connectivity index is 1.23. The lowest BCUT2D eigenvalue weighted by Gasteiger charge is -2.29. The first-order valence-corrected chi connectivity index (χ1v) is 20.6. The quantitative estimate of drug-likeness (QED) is 0.0252. The number of benzene rings is 1. The molecule has 5 atom stereocenters. The summed E-state index contributed by atoms with van der Waals surface area (Å²) in [5, 5.41) is 13.7. The number of carbonyl (C=O) groups excluding carboxylic acids is 1. The van der Waals surface area contributed by atoms with Crippen LogP contribution in [0.25, 0.3) is 11.2 Å². The van der Waals surface area contributed by atoms with Crippen LogP contribution in [0.1, 0.15) is 123 Å². The molecule has 1 saturated heterocycles. The minimum atomic E-state index is -4.34. The number of anilines is 1. The van der Waals surface area contributed by atoms with Gasteiger partial charge in [0, 0.05) is 6.42 Å². The molecule has 4 N–H and O–H groups in total. The molecule has 0 bridgehead atoms. The van der Waals surface area contributed by atoms with Gasteiger partial charge in [0.25, 0.3) is 0 Å². The van der Waals surface area contributed by atoms with Crippen molar-refractivity contribution in [3.8, 4) is 18.1 Å². The summed E-state index contributed by atoms with van der Waals surface area (Å²) in [4.78, 5) is 24.3. The minimum Gasteiger partial charge on any atom is -0.465 e. The molecule has 0 saturated carbocycles. The van der Waals surface area contributed by atoms with Gasteiger partial charge in [0.05, 0.1) is 12.9 Å². The molecule has 3 aromatic rings. The first-order chi connectivity index (χ1) is 25.6. The molecular weight excluding hydrogens is 702 g/mol. The van der Waals surface area contributed by atoms with Gasteiger partial charge in [-0.3, -0.25) is 13.9 Å². The molecule has 15 heteroatoms. The summed E-state index contributed by atoms with van der Waals surface area (Å²) in [6, 6.07) is 7.18. The highest BCUT2D eigenvalue weighted by Crippen LogP contribution is 2.48. The van der Waals surface area contributed by atoms with Gasteiger partial charge in [-0.15, -0.1) is 6.42 Å². The lowest BCUT2D eigenvalue weighted by Crippen LogP contribution is -2.43. The van der Waals surface area contributed by atoms with E-state index in [0.717, 1.165) is 19.3 Å². The molecule has 2 aromatic heterocycles. The summed E-state index contributed by atoms with van der Waals surface area (Å²) < 4.78 is 52.6. The van der Waals surface area contributed by atoms with Crippen LogP contribution in [0, 0.1) is 18.4 Å². The highest BCUT2D eigenvalue weighted by atomic mass is 31.2. The lowest BCUT2D eigenvalue weighted by molar-refractivity contribution is -0.145. The van der Waals surface area contributed by atoms with E-state index >= 15 is 0 Å². The Labute approximate surface area is 312 Å². The van der Waals surface area contributed by atoms with Crippen molar-refractivity contribution in [2.75, 3.05) is 18.9 Å². The zero-order chi connectivity index (χ0) is 38.1. The predicted octanol–water partition coefficient (Wildman–Crippen LogP) is 7.80. The average Bonchev–Trinajstić information content (AvgIpc) is 3.71. The number of hydrogen-bond donors (Lipinski definition) is 3. The fraction of sp³-hybridized carbons (Fsp3) is 0.632. The van der Waals surface area contributed by atoms with Crippen LogP contribution in [0.5, 0.6) is 5.75 Å². The Bertz CT molecular complexity index is 1660. The molecular formula is C38H56FN6O7P. The van der Waals surface area contributed by atoms with E-state index in [9.17, 15) is 18.9 Å². The van der Waals surface area contributed by atoms with Gasteiger partial charge in [0.1, 0.15) is 30.7 Å². The molecule has 292 valence electrons. The highest BCUT2D eigenvalue weighted by molar-refractivity contribution is 7.52. The average molecular weight is 759 g/mol. The number of para-hydroxylation sites is 1. The second kappa shape index (κ2) is 21.3. The summed E-state index contributed by atoms with van der Waals surface area (Å²) in [5.74, 6) is 1.83. The number of rotatable bonds is 25. The smallest absolute Gasteiger partial charge is 0.459 e. The Morgan fingerprint density at radius 1 is 1.08 bits per heavy atom. The Morgan fingerprint density at radius 2 is 1.68 bits per heavy atom. The molecule has 0 unspecified atom stereocenters. The predicted molar refractivity (Wildman–Crippen MR) is 201 cm³/mol. The van der Waals surface area contributed by atoms with E-state index in [4.69, 9.17) is 30.7 Å². The summed E-state index contributed by atoms with van der Waals surface area (Å²) in [7, 11) is -4.34. The number of aliphatic hydroxyl groups is 1. The maximum absolute atomic E-state index is 14.1. The van der Waals surface area contributed by atoms with Crippen LogP contribution in [0.3, 0.4) is 0 Å². The number of nitrogens with two attached hydrogens (primary N) is 1. The maximum atomic E-state index is 14.1. The molecule has 0 spiro atoms. The number of aliphatic hydroxyl groups excluding tert-OH is 1. The van der Waals surface area contributed by atoms with Crippen LogP contribution in [0.2, 0.25) is 0 Å². The number of fused-ring (bicyclic) bond motifs is 1. The topological polar surface area (TPSA) is 173 Å². The molecule has 13 nitrogen and oxygen atoms in total. The van der Waals surface area contributed by atoms with Crippen molar-refractivity contribution in [2.24, 2.45) is 0 Å². The molecule has 1 fully saturated rings.